The number of carbonyl (C=O) groups is 1. The second kappa shape index (κ2) is 7.28. The van der Waals surface area contributed by atoms with Crippen molar-refractivity contribution in [2.75, 3.05) is 12.4 Å². The summed E-state index contributed by atoms with van der Waals surface area (Å²) in [6.45, 7) is 0. The molecule has 140 valence electrons. The van der Waals surface area contributed by atoms with Gasteiger partial charge in [-0.05, 0) is 36.4 Å². The minimum Gasteiger partial charge on any atom is -0.497 e. The summed E-state index contributed by atoms with van der Waals surface area (Å²) < 4.78 is 44.6. The fraction of sp³-hybridized carbons (Fsp3) is 0.111. The van der Waals surface area contributed by atoms with Gasteiger partial charge in [-0.3, -0.25) is 0 Å². The van der Waals surface area contributed by atoms with Gasteiger partial charge in [-0.25, -0.2) is 9.78 Å². The zero-order valence-corrected chi connectivity index (χ0v) is 14.7. The number of methoxy groups -OCH3 is 1. The predicted molar refractivity (Wildman–Crippen MR) is 95.8 cm³/mol. The van der Waals surface area contributed by atoms with Crippen LogP contribution in [-0.2, 0) is 6.18 Å². The lowest BCUT2D eigenvalue weighted by atomic mass is 10.1. The molecule has 0 spiro atoms. The molecule has 0 atom stereocenters. The summed E-state index contributed by atoms with van der Waals surface area (Å²) in [6, 6.07) is 11.6. The number of nitrogens with one attached hydrogen (secondary N) is 1. The van der Waals surface area contributed by atoms with E-state index < -0.39 is 17.7 Å². The van der Waals surface area contributed by atoms with Gasteiger partial charge >= 0.3 is 12.1 Å². The van der Waals surface area contributed by atoms with Crippen LogP contribution < -0.4 is 10.1 Å². The molecule has 0 aliphatic heterocycles. The molecular weight excluding hydrogens is 381 g/mol. The molecule has 2 N–H and O–H groups in total. The molecule has 0 radical (unpaired) electrons. The molecule has 5 nitrogen and oxygen atoms in total. The Morgan fingerprint density at radius 1 is 1.15 bits per heavy atom. The molecule has 1 aromatic heterocycles. The number of nitrogens with zero attached hydrogens (tertiary/aromatic N) is 1. The Kier molecular flexibility index (Phi) is 5.04. The van der Waals surface area contributed by atoms with Crippen LogP contribution >= 0.6 is 11.3 Å². The number of benzene rings is 2. The van der Waals surface area contributed by atoms with Gasteiger partial charge in [0, 0.05) is 5.56 Å². The average Bonchev–Trinajstić information content (AvgIpc) is 3.05. The smallest absolute Gasteiger partial charge is 0.418 e. The number of rotatable bonds is 5. The first kappa shape index (κ1) is 18.7. The largest absolute Gasteiger partial charge is 0.497 e. The van der Waals surface area contributed by atoms with Crippen LogP contribution in [0.4, 0.5) is 24.7 Å². The van der Waals surface area contributed by atoms with Crippen molar-refractivity contribution in [1.29, 1.82) is 0 Å². The third-order valence-electron chi connectivity index (χ3n) is 3.64. The number of aromatic carboxylic acids is 1. The van der Waals surface area contributed by atoms with Crippen LogP contribution in [0.1, 0.15) is 15.2 Å². The fourth-order valence-corrected chi connectivity index (χ4v) is 3.24. The van der Waals surface area contributed by atoms with Gasteiger partial charge in [-0.15, -0.1) is 11.3 Å². The molecule has 2 aromatic carbocycles. The summed E-state index contributed by atoms with van der Waals surface area (Å²) in [5.41, 5.74) is -0.542. The second-order valence-corrected chi connectivity index (χ2v) is 6.40. The number of anilines is 2. The molecular formula is C18H13F3N2O3S. The van der Waals surface area contributed by atoms with Crippen molar-refractivity contribution in [3.05, 3.63) is 59.0 Å². The van der Waals surface area contributed by atoms with Gasteiger partial charge in [-0.1, -0.05) is 12.1 Å². The lowest BCUT2D eigenvalue weighted by molar-refractivity contribution is -0.136. The van der Waals surface area contributed by atoms with Crippen molar-refractivity contribution < 1.29 is 27.8 Å². The molecule has 3 aromatic rings. The molecule has 0 saturated carbocycles. The summed E-state index contributed by atoms with van der Waals surface area (Å²) in [5.74, 6) is -0.805. The third kappa shape index (κ3) is 4.03. The van der Waals surface area contributed by atoms with E-state index in [1.165, 1.54) is 25.3 Å². The standard InChI is InChI=1S/C18H13F3N2O3S/c1-26-11-8-6-10(7-9-11)16-23-15(14(27-16)17(24)25)22-13-5-3-2-4-12(13)18(19,20)21/h2-9,22H,1H3,(H,24,25). The molecule has 0 bridgehead atoms. The molecule has 0 aliphatic carbocycles. The minimum atomic E-state index is -4.58. The number of aromatic nitrogens is 1. The molecule has 0 unspecified atom stereocenters. The van der Waals surface area contributed by atoms with Crippen LogP contribution in [0.3, 0.4) is 0 Å². The number of hydrogen-bond acceptors (Lipinski definition) is 5. The zero-order chi connectivity index (χ0) is 19.6. The van der Waals surface area contributed by atoms with Gasteiger partial charge in [0.25, 0.3) is 0 Å². The predicted octanol–water partition coefficient (Wildman–Crippen LogP) is 5.28. The summed E-state index contributed by atoms with van der Waals surface area (Å²) in [5, 5.41) is 12.3. The highest BCUT2D eigenvalue weighted by Gasteiger charge is 2.33. The number of ether oxygens (including phenoxy) is 1. The SMILES string of the molecule is COc1ccc(-c2nc(Nc3ccccc3C(F)(F)F)c(C(=O)O)s2)cc1. The van der Waals surface area contributed by atoms with Crippen molar-refractivity contribution in [3.8, 4) is 16.3 Å². The maximum Gasteiger partial charge on any atom is 0.418 e. The fourth-order valence-electron chi connectivity index (χ4n) is 2.37. The molecule has 0 saturated heterocycles. The first-order valence-corrected chi connectivity index (χ1v) is 8.43. The monoisotopic (exact) mass is 394 g/mol. The van der Waals surface area contributed by atoms with E-state index in [-0.39, 0.29) is 16.4 Å². The van der Waals surface area contributed by atoms with E-state index in [1.807, 2.05) is 0 Å². The van der Waals surface area contributed by atoms with Crippen LogP contribution in [0.2, 0.25) is 0 Å². The quantitative estimate of drug-likeness (QED) is 0.616. The van der Waals surface area contributed by atoms with Crippen molar-refractivity contribution in [2.45, 2.75) is 6.18 Å². The minimum absolute atomic E-state index is 0.144. The molecule has 9 heteroatoms. The highest BCUT2D eigenvalue weighted by molar-refractivity contribution is 7.17. The van der Waals surface area contributed by atoms with Gasteiger partial charge in [0.05, 0.1) is 18.4 Å². The van der Waals surface area contributed by atoms with E-state index in [2.05, 4.69) is 10.3 Å². The first-order valence-electron chi connectivity index (χ1n) is 7.61. The van der Waals surface area contributed by atoms with E-state index in [1.54, 1.807) is 24.3 Å². The Morgan fingerprint density at radius 3 is 2.41 bits per heavy atom. The average molecular weight is 394 g/mol. The molecule has 1 heterocycles. The Labute approximate surface area is 156 Å². The Bertz CT molecular complexity index is 969. The number of hydrogen-bond donors (Lipinski definition) is 2. The van der Waals surface area contributed by atoms with E-state index in [4.69, 9.17) is 4.74 Å². The van der Waals surface area contributed by atoms with Crippen molar-refractivity contribution in [1.82, 2.24) is 4.98 Å². The number of carboxylic acids is 1. The van der Waals surface area contributed by atoms with Gasteiger partial charge in [0.1, 0.15) is 10.8 Å². The molecule has 0 aliphatic rings. The number of carboxylic acid groups (broad SMARTS) is 1. The Morgan fingerprint density at radius 2 is 1.81 bits per heavy atom. The van der Waals surface area contributed by atoms with E-state index in [0.29, 0.717) is 16.3 Å². The van der Waals surface area contributed by atoms with Crippen molar-refractivity contribution >= 4 is 28.8 Å². The van der Waals surface area contributed by atoms with Gasteiger partial charge in [0.15, 0.2) is 10.7 Å². The summed E-state index contributed by atoms with van der Waals surface area (Å²) in [4.78, 5) is 15.5. The van der Waals surface area contributed by atoms with Gasteiger partial charge in [0.2, 0.25) is 0 Å². The Hall–Kier alpha value is -3.07. The summed E-state index contributed by atoms with van der Waals surface area (Å²) >= 11 is 0.872. The Balaban J connectivity index is 2.01. The van der Waals surface area contributed by atoms with Gasteiger partial charge < -0.3 is 15.2 Å². The summed E-state index contributed by atoms with van der Waals surface area (Å²) in [6.07, 6.45) is -4.58. The first-order chi connectivity index (χ1) is 12.8. The van der Waals surface area contributed by atoms with Crippen LogP contribution in [0.15, 0.2) is 48.5 Å². The maximum absolute atomic E-state index is 13.2. The topological polar surface area (TPSA) is 71.5 Å². The number of alkyl halides is 3. The number of thiazole rings is 1. The van der Waals surface area contributed by atoms with Gasteiger partial charge in [-0.2, -0.15) is 13.2 Å². The van der Waals surface area contributed by atoms with Crippen LogP contribution in [0, 0.1) is 0 Å². The van der Waals surface area contributed by atoms with Crippen molar-refractivity contribution in [3.63, 3.8) is 0 Å². The molecule has 27 heavy (non-hydrogen) atoms. The highest BCUT2D eigenvalue weighted by atomic mass is 32.1. The molecule has 3 rings (SSSR count). The van der Waals surface area contributed by atoms with E-state index in [9.17, 15) is 23.1 Å². The number of para-hydroxylation sites is 1. The van der Waals surface area contributed by atoms with E-state index >= 15 is 0 Å². The van der Waals surface area contributed by atoms with Crippen molar-refractivity contribution in [2.24, 2.45) is 0 Å². The molecule has 0 amide bonds. The molecule has 0 fully saturated rings. The number of halogens is 3. The lowest BCUT2D eigenvalue weighted by Crippen LogP contribution is -2.09. The van der Waals surface area contributed by atoms with Crippen LogP contribution in [0.25, 0.3) is 10.6 Å². The zero-order valence-electron chi connectivity index (χ0n) is 13.9. The van der Waals surface area contributed by atoms with E-state index in [0.717, 1.165) is 17.4 Å². The normalized spacial score (nSPS) is 11.3. The second-order valence-electron chi connectivity index (χ2n) is 5.40. The third-order valence-corrected chi connectivity index (χ3v) is 4.74. The van der Waals surface area contributed by atoms with Crippen LogP contribution in [0.5, 0.6) is 5.75 Å². The lowest BCUT2D eigenvalue weighted by Gasteiger charge is -2.13. The highest BCUT2D eigenvalue weighted by Crippen LogP contribution is 2.38. The van der Waals surface area contributed by atoms with Crippen LogP contribution in [-0.4, -0.2) is 23.2 Å². The summed E-state index contributed by atoms with van der Waals surface area (Å²) in [7, 11) is 1.51. The maximum atomic E-state index is 13.2.